The van der Waals surface area contributed by atoms with Crippen LogP contribution in [0.1, 0.15) is 19.4 Å². The third-order valence-electron chi connectivity index (χ3n) is 2.77. The largest absolute Gasteiger partial charge is 0.468 e. The monoisotopic (exact) mass is 330 g/mol. The van der Waals surface area contributed by atoms with Crippen molar-refractivity contribution in [2.45, 2.75) is 24.8 Å². The van der Waals surface area contributed by atoms with E-state index >= 15 is 0 Å². The van der Waals surface area contributed by atoms with Gasteiger partial charge in [0.2, 0.25) is 10.0 Å². The molecule has 0 amide bonds. The molecule has 114 valence electrons. The number of esters is 1. The van der Waals surface area contributed by atoms with Gasteiger partial charge in [-0.25, -0.2) is 8.42 Å². The molecule has 6 nitrogen and oxygen atoms in total. The predicted molar refractivity (Wildman–Crippen MR) is 77.1 cm³/mol. The number of hydrogen-bond donors (Lipinski definition) is 1. The van der Waals surface area contributed by atoms with E-state index in [-0.39, 0.29) is 21.4 Å². The normalized spacial score (nSPS) is 12.8. The number of carbonyl (C=O) groups excluding carboxylic acids is 1. The van der Waals surface area contributed by atoms with Crippen LogP contribution in [0.2, 0.25) is 5.02 Å². The van der Waals surface area contributed by atoms with Crippen molar-refractivity contribution < 1.29 is 17.9 Å². The van der Waals surface area contributed by atoms with Crippen molar-refractivity contribution in [1.82, 2.24) is 4.72 Å². The summed E-state index contributed by atoms with van der Waals surface area (Å²) >= 11 is 5.76. The highest BCUT2D eigenvalue weighted by molar-refractivity contribution is 7.89. The topological polar surface area (TPSA) is 96.3 Å². The third-order valence-corrected chi connectivity index (χ3v) is 4.54. The number of nitrogens with zero attached hydrogens (tertiary/aromatic N) is 1. The summed E-state index contributed by atoms with van der Waals surface area (Å²) in [5.41, 5.74) is 0.0405. The number of hydrogen-bond acceptors (Lipinski definition) is 5. The number of ether oxygens (including phenoxy) is 1. The Hall–Kier alpha value is -1.62. The van der Waals surface area contributed by atoms with E-state index in [1.807, 2.05) is 0 Å². The predicted octanol–water partition coefficient (Wildman–Crippen LogP) is 1.69. The van der Waals surface area contributed by atoms with Crippen LogP contribution in [0.4, 0.5) is 0 Å². The molecule has 1 N–H and O–H groups in total. The zero-order chi connectivity index (χ0) is 16.2. The van der Waals surface area contributed by atoms with Crippen LogP contribution in [0.15, 0.2) is 23.1 Å². The minimum absolute atomic E-state index is 0.0405. The van der Waals surface area contributed by atoms with Crippen molar-refractivity contribution in [3.05, 3.63) is 28.8 Å². The fraction of sp³-hybridized carbons (Fsp3) is 0.385. The molecule has 0 aliphatic carbocycles. The minimum atomic E-state index is -3.97. The summed E-state index contributed by atoms with van der Waals surface area (Å²) < 4.78 is 31.4. The third kappa shape index (κ3) is 4.17. The van der Waals surface area contributed by atoms with Crippen LogP contribution in [-0.2, 0) is 19.6 Å². The smallest absolute Gasteiger partial charge is 0.324 e. The second kappa shape index (κ2) is 6.89. The summed E-state index contributed by atoms with van der Waals surface area (Å²) in [6.07, 6.45) is 0. The van der Waals surface area contributed by atoms with Gasteiger partial charge in [0.25, 0.3) is 0 Å². The Labute approximate surface area is 128 Å². The molecule has 0 radical (unpaired) electrons. The molecule has 0 saturated heterocycles. The zero-order valence-electron chi connectivity index (χ0n) is 11.8. The zero-order valence-corrected chi connectivity index (χ0v) is 13.3. The first-order chi connectivity index (χ1) is 9.72. The summed E-state index contributed by atoms with van der Waals surface area (Å²) in [6, 6.07) is 4.52. The van der Waals surface area contributed by atoms with E-state index in [9.17, 15) is 13.2 Å². The quantitative estimate of drug-likeness (QED) is 0.829. The van der Waals surface area contributed by atoms with Gasteiger partial charge < -0.3 is 4.74 Å². The Bertz CT molecular complexity index is 680. The van der Waals surface area contributed by atoms with Crippen molar-refractivity contribution in [2.24, 2.45) is 5.92 Å². The van der Waals surface area contributed by atoms with Gasteiger partial charge in [-0.05, 0) is 24.1 Å². The molecule has 0 aliphatic heterocycles. The van der Waals surface area contributed by atoms with Gasteiger partial charge in [0, 0.05) is 0 Å². The van der Waals surface area contributed by atoms with E-state index in [0.29, 0.717) is 0 Å². The first kappa shape index (κ1) is 17.4. The summed E-state index contributed by atoms with van der Waals surface area (Å²) in [4.78, 5) is 11.5. The maximum absolute atomic E-state index is 12.3. The van der Waals surface area contributed by atoms with E-state index in [1.54, 1.807) is 19.9 Å². The van der Waals surface area contributed by atoms with Crippen LogP contribution < -0.4 is 4.72 Å². The number of nitrogens with one attached hydrogen (secondary N) is 1. The number of sulfonamides is 1. The highest BCUT2D eigenvalue weighted by Gasteiger charge is 2.29. The van der Waals surface area contributed by atoms with Crippen LogP contribution >= 0.6 is 11.6 Å². The van der Waals surface area contributed by atoms with Crippen LogP contribution in [0.3, 0.4) is 0 Å². The molecule has 0 spiro atoms. The number of halogens is 1. The number of nitriles is 1. The molecular formula is C13H15ClN2O4S. The fourth-order valence-electron chi connectivity index (χ4n) is 1.58. The Morgan fingerprint density at radius 3 is 2.52 bits per heavy atom. The maximum atomic E-state index is 12.3. The highest BCUT2D eigenvalue weighted by Crippen LogP contribution is 2.20. The Morgan fingerprint density at radius 2 is 2.05 bits per heavy atom. The van der Waals surface area contributed by atoms with Crippen molar-refractivity contribution >= 4 is 27.6 Å². The lowest BCUT2D eigenvalue weighted by molar-refractivity contribution is -0.143. The van der Waals surface area contributed by atoms with Crippen molar-refractivity contribution in [1.29, 1.82) is 5.26 Å². The maximum Gasteiger partial charge on any atom is 0.324 e. The lowest BCUT2D eigenvalue weighted by Gasteiger charge is -2.19. The van der Waals surface area contributed by atoms with Gasteiger partial charge in [-0.1, -0.05) is 25.4 Å². The van der Waals surface area contributed by atoms with Crippen molar-refractivity contribution in [3.63, 3.8) is 0 Å². The molecule has 0 aliphatic rings. The first-order valence-electron chi connectivity index (χ1n) is 6.02. The molecule has 0 saturated carbocycles. The molecule has 0 fully saturated rings. The summed E-state index contributed by atoms with van der Waals surface area (Å²) in [6.45, 7) is 3.37. The van der Waals surface area contributed by atoms with E-state index in [2.05, 4.69) is 9.46 Å². The summed E-state index contributed by atoms with van der Waals surface area (Å²) in [5.74, 6) is -0.974. The molecule has 1 aromatic rings. The van der Waals surface area contributed by atoms with Crippen LogP contribution in [0, 0.1) is 17.2 Å². The van der Waals surface area contributed by atoms with Gasteiger partial charge in [-0.2, -0.15) is 9.98 Å². The lowest BCUT2D eigenvalue weighted by atomic mass is 10.1. The van der Waals surface area contributed by atoms with Crippen LogP contribution in [0.5, 0.6) is 0 Å². The summed E-state index contributed by atoms with van der Waals surface area (Å²) in [5, 5.41) is 9.04. The van der Waals surface area contributed by atoms with E-state index in [0.717, 1.165) is 6.07 Å². The fourth-order valence-corrected chi connectivity index (χ4v) is 3.09. The van der Waals surface area contributed by atoms with Gasteiger partial charge in [0.1, 0.15) is 12.1 Å². The Balaban J connectivity index is 3.17. The van der Waals surface area contributed by atoms with Crippen LogP contribution in [0.25, 0.3) is 0 Å². The Kier molecular flexibility index (Phi) is 5.72. The molecule has 1 rings (SSSR count). The highest BCUT2D eigenvalue weighted by atomic mass is 35.5. The number of carbonyl (C=O) groups is 1. The number of benzene rings is 1. The number of methoxy groups -OCH3 is 1. The molecule has 1 atom stereocenters. The van der Waals surface area contributed by atoms with Crippen molar-refractivity contribution in [2.75, 3.05) is 7.11 Å². The Morgan fingerprint density at radius 1 is 1.43 bits per heavy atom. The molecule has 0 aromatic heterocycles. The molecular weight excluding hydrogens is 316 g/mol. The average molecular weight is 331 g/mol. The van der Waals surface area contributed by atoms with Crippen LogP contribution in [-0.4, -0.2) is 27.5 Å². The second-order valence-electron chi connectivity index (χ2n) is 4.62. The van der Waals surface area contributed by atoms with E-state index in [1.165, 1.54) is 19.2 Å². The molecule has 8 heteroatoms. The summed E-state index contributed by atoms with van der Waals surface area (Å²) in [7, 11) is -2.79. The van der Waals surface area contributed by atoms with Gasteiger partial charge in [0.05, 0.1) is 22.6 Å². The molecule has 0 unspecified atom stereocenters. The van der Waals surface area contributed by atoms with Gasteiger partial charge in [-0.15, -0.1) is 0 Å². The molecule has 21 heavy (non-hydrogen) atoms. The molecule has 0 heterocycles. The second-order valence-corrected chi connectivity index (χ2v) is 6.74. The first-order valence-corrected chi connectivity index (χ1v) is 7.89. The van der Waals surface area contributed by atoms with Gasteiger partial charge in [-0.3, -0.25) is 4.79 Å². The lowest BCUT2D eigenvalue weighted by Crippen LogP contribution is -2.44. The molecule has 0 bridgehead atoms. The van der Waals surface area contributed by atoms with Crippen molar-refractivity contribution in [3.8, 4) is 6.07 Å². The van der Waals surface area contributed by atoms with E-state index < -0.39 is 22.0 Å². The molecule has 1 aromatic carbocycles. The average Bonchev–Trinajstić information content (AvgIpc) is 2.44. The van der Waals surface area contributed by atoms with Gasteiger partial charge in [0.15, 0.2) is 0 Å². The van der Waals surface area contributed by atoms with Gasteiger partial charge >= 0.3 is 5.97 Å². The number of rotatable bonds is 5. The standard InChI is InChI=1S/C13H15ClN2O4S/c1-8(2)12(13(17)20-3)16-21(18,19)10-4-5-11(14)9(6-10)7-15/h4-6,8,12,16H,1-3H3/t12-/m0/s1. The SMILES string of the molecule is COC(=O)[C@@H](NS(=O)(=O)c1ccc(Cl)c(C#N)c1)C(C)C. The van der Waals surface area contributed by atoms with E-state index in [4.69, 9.17) is 16.9 Å². The minimum Gasteiger partial charge on any atom is -0.468 e.